The number of anilines is 1. The maximum atomic E-state index is 12.3. The van der Waals surface area contributed by atoms with Crippen molar-refractivity contribution in [1.82, 2.24) is 14.8 Å². The van der Waals surface area contributed by atoms with E-state index in [4.69, 9.17) is 4.74 Å². The fraction of sp³-hybridized carbons (Fsp3) is 0.286. The first kappa shape index (κ1) is 19.9. The average Bonchev–Trinajstić information content (AvgIpc) is 3.08. The first-order valence-electron chi connectivity index (χ1n) is 9.25. The number of amides is 1. The number of thioether (sulfide) groups is 1. The van der Waals surface area contributed by atoms with Crippen LogP contribution in [0.4, 0.5) is 5.69 Å². The summed E-state index contributed by atoms with van der Waals surface area (Å²) in [5.74, 6) is 1.66. The topological polar surface area (TPSA) is 69.0 Å². The minimum Gasteiger partial charge on any atom is -0.493 e. The van der Waals surface area contributed by atoms with Crippen LogP contribution in [0.5, 0.6) is 5.75 Å². The number of benzene rings is 2. The number of hydrogen-bond donors (Lipinski definition) is 1. The zero-order valence-corrected chi connectivity index (χ0v) is 17.1. The second-order valence-corrected chi connectivity index (χ2v) is 7.12. The Bertz CT molecular complexity index is 938. The van der Waals surface area contributed by atoms with Gasteiger partial charge in [0.25, 0.3) is 0 Å². The molecule has 1 aromatic heterocycles. The molecule has 0 bridgehead atoms. The third kappa shape index (κ3) is 4.72. The van der Waals surface area contributed by atoms with Crippen LogP contribution in [0.3, 0.4) is 0 Å². The molecule has 2 aromatic carbocycles. The van der Waals surface area contributed by atoms with E-state index in [1.54, 1.807) is 0 Å². The number of carbonyl (C=O) groups excluding carboxylic acids is 1. The zero-order chi connectivity index (χ0) is 19.9. The molecule has 28 heavy (non-hydrogen) atoms. The molecule has 3 aromatic rings. The molecule has 146 valence electrons. The van der Waals surface area contributed by atoms with E-state index < -0.39 is 0 Å². The molecule has 7 heteroatoms. The van der Waals surface area contributed by atoms with Gasteiger partial charge in [0.2, 0.25) is 5.91 Å². The maximum absolute atomic E-state index is 12.3. The molecule has 0 saturated carbocycles. The largest absolute Gasteiger partial charge is 0.493 e. The smallest absolute Gasteiger partial charge is 0.234 e. The first-order valence-corrected chi connectivity index (χ1v) is 10.2. The standard InChI is InChI=1S/C21H24N4O2S/c1-4-15-10-12-16(13-11-15)22-19(26)14-28-21-24-23-20(25(21)3)17-8-6-7-9-18(17)27-5-2/h6-13H,4-5,14H2,1-3H3,(H,22,26). The number of para-hydroxylation sites is 1. The Morgan fingerprint density at radius 2 is 1.86 bits per heavy atom. The molecule has 1 N–H and O–H groups in total. The lowest BCUT2D eigenvalue weighted by molar-refractivity contribution is -0.113. The number of carbonyl (C=O) groups is 1. The Hall–Kier alpha value is -2.80. The molecule has 0 fully saturated rings. The summed E-state index contributed by atoms with van der Waals surface area (Å²) in [6.07, 6.45) is 0.977. The van der Waals surface area contributed by atoms with Crippen LogP contribution >= 0.6 is 11.8 Å². The molecule has 0 aliphatic heterocycles. The summed E-state index contributed by atoms with van der Waals surface area (Å²) >= 11 is 1.35. The Morgan fingerprint density at radius 3 is 2.57 bits per heavy atom. The molecule has 0 radical (unpaired) electrons. The Morgan fingerprint density at radius 1 is 1.11 bits per heavy atom. The van der Waals surface area contributed by atoms with Crippen LogP contribution in [0.15, 0.2) is 53.7 Å². The summed E-state index contributed by atoms with van der Waals surface area (Å²) < 4.78 is 7.57. The third-order valence-electron chi connectivity index (χ3n) is 4.24. The Labute approximate surface area is 169 Å². The van der Waals surface area contributed by atoms with E-state index >= 15 is 0 Å². The predicted octanol–water partition coefficient (Wildman–Crippen LogP) is 4.17. The number of nitrogens with zero attached hydrogens (tertiary/aromatic N) is 3. The average molecular weight is 397 g/mol. The lowest BCUT2D eigenvalue weighted by Gasteiger charge is -2.09. The summed E-state index contributed by atoms with van der Waals surface area (Å²) in [6, 6.07) is 15.6. The monoisotopic (exact) mass is 396 g/mol. The summed E-state index contributed by atoms with van der Waals surface area (Å²) in [5, 5.41) is 12.1. The lowest BCUT2D eigenvalue weighted by atomic mass is 10.1. The molecule has 3 rings (SSSR count). The maximum Gasteiger partial charge on any atom is 0.234 e. The normalized spacial score (nSPS) is 10.7. The van der Waals surface area contributed by atoms with Crippen molar-refractivity contribution in [2.24, 2.45) is 7.05 Å². The number of hydrogen-bond acceptors (Lipinski definition) is 5. The highest BCUT2D eigenvalue weighted by atomic mass is 32.2. The zero-order valence-electron chi connectivity index (χ0n) is 16.3. The van der Waals surface area contributed by atoms with Gasteiger partial charge in [0, 0.05) is 12.7 Å². The van der Waals surface area contributed by atoms with Crippen molar-refractivity contribution in [1.29, 1.82) is 0 Å². The van der Waals surface area contributed by atoms with Gasteiger partial charge in [-0.25, -0.2) is 0 Å². The van der Waals surface area contributed by atoms with Crippen LogP contribution in [0, 0.1) is 0 Å². The summed E-state index contributed by atoms with van der Waals surface area (Å²) in [6.45, 7) is 4.63. The minimum atomic E-state index is -0.0754. The van der Waals surface area contributed by atoms with Crippen LogP contribution in [0.25, 0.3) is 11.4 Å². The number of rotatable bonds is 8. The van der Waals surface area contributed by atoms with Crippen LogP contribution in [0.1, 0.15) is 19.4 Å². The molecule has 0 atom stereocenters. The van der Waals surface area contributed by atoms with E-state index in [1.807, 2.05) is 67.1 Å². The van der Waals surface area contributed by atoms with Crippen LogP contribution in [0.2, 0.25) is 0 Å². The van der Waals surface area contributed by atoms with Crippen molar-refractivity contribution in [3.8, 4) is 17.1 Å². The van der Waals surface area contributed by atoms with Gasteiger partial charge in [0.15, 0.2) is 11.0 Å². The Kier molecular flexibility index (Phi) is 6.71. The molecule has 0 saturated heterocycles. The van der Waals surface area contributed by atoms with E-state index in [2.05, 4.69) is 22.4 Å². The quantitative estimate of drug-likeness (QED) is 0.579. The van der Waals surface area contributed by atoms with Crippen LogP contribution < -0.4 is 10.1 Å². The van der Waals surface area contributed by atoms with Gasteiger partial charge in [-0.2, -0.15) is 0 Å². The van der Waals surface area contributed by atoms with E-state index in [0.717, 1.165) is 23.4 Å². The minimum absolute atomic E-state index is 0.0754. The van der Waals surface area contributed by atoms with Gasteiger partial charge in [-0.3, -0.25) is 4.79 Å². The van der Waals surface area contributed by atoms with Crippen molar-refractivity contribution in [3.63, 3.8) is 0 Å². The van der Waals surface area contributed by atoms with Crippen LogP contribution in [-0.4, -0.2) is 33.0 Å². The van der Waals surface area contributed by atoms with Crippen molar-refractivity contribution < 1.29 is 9.53 Å². The Balaban J connectivity index is 1.65. The van der Waals surface area contributed by atoms with E-state index in [1.165, 1.54) is 17.3 Å². The number of aromatic nitrogens is 3. The lowest BCUT2D eigenvalue weighted by Crippen LogP contribution is -2.14. The molecule has 0 spiro atoms. The summed E-state index contributed by atoms with van der Waals surface area (Å²) in [7, 11) is 1.89. The van der Waals surface area contributed by atoms with Crippen molar-refractivity contribution in [2.75, 3.05) is 17.7 Å². The van der Waals surface area contributed by atoms with Crippen molar-refractivity contribution in [3.05, 3.63) is 54.1 Å². The molecule has 1 amide bonds. The highest BCUT2D eigenvalue weighted by molar-refractivity contribution is 7.99. The van der Waals surface area contributed by atoms with Gasteiger partial charge in [0.1, 0.15) is 5.75 Å². The predicted molar refractivity (Wildman–Crippen MR) is 113 cm³/mol. The van der Waals surface area contributed by atoms with Gasteiger partial charge in [-0.05, 0) is 43.2 Å². The van der Waals surface area contributed by atoms with Crippen LogP contribution in [-0.2, 0) is 18.3 Å². The highest BCUT2D eigenvalue weighted by Crippen LogP contribution is 2.30. The number of aryl methyl sites for hydroxylation is 1. The first-order chi connectivity index (χ1) is 13.6. The second kappa shape index (κ2) is 9.41. The molecular weight excluding hydrogens is 372 g/mol. The van der Waals surface area contributed by atoms with Gasteiger partial charge in [0.05, 0.1) is 17.9 Å². The second-order valence-electron chi connectivity index (χ2n) is 6.18. The number of nitrogens with one attached hydrogen (secondary N) is 1. The van der Waals surface area contributed by atoms with Gasteiger partial charge in [-0.1, -0.05) is 43.0 Å². The third-order valence-corrected chi connectivity index (χ3v) is 5.26. The van der Waals surface area contributed by atoms with Gasteiger partial charge >= 0.3 is 0 Å². The fourth-order valence-corrected chi connectivity index (χ4v) is 3.47. The van der Waals surface area contributed by atoms with Gasteiger partial charge in [-0.15, -0.1) is 10.2 Å². The molecule has 6 nitrogen and oxygen atoms in total. The highest BCUT2D eigenvalue weighted by Gasteiger charge is 2.16. The molecular formula is C21H24N4O2S. The SMILES string of the molecule is CCOc1ccccc1-c1nnc(SCC(=O)Nc2ccc(CC)cc2)n1C. The number of ether oxygens (including phenoxy) is 1. The van der Waals surface area contributed by atoms with Gasteiger partial charge < -0.3 is 14.6 Å². The fourth-order valence-electron chi connectivity index (χ4n) is 2.76. The molecule has 1 heterocycles. The molecule has 0 aliphatic carbocycles. The molecule has 0 aliphatic rings. The van der Waals surface area contributed by atoms with Crippen molar-refractivity contribution >= 4 is 23.4 Å². The van der Waals surface area contributed by atoms with Crippen molar-refractivity contribution in [2.45, 2.75) is 25.4 Å². The van der Waals surface area contributed by atoms with E-state index in [0.29, 0.717) is 17.6 Å². The summed E-state index contributed by atoms with van der Waals surface area (Å²) in [5.41, 5.74) is 2.92. The van der Waals surface area contributed by atoms with E-state index in [9.17, 15) is 4.79 Å². The molecule has 0 unspecified atom stereocenters. The van der Waals surface area contributed by atoms with E-state index in [-0.39, 0.29) is 11.7 Å². The summed E-state index contributed by atoms with van der Waals surface area (Å²) in [4.78, 5) is 12.3.